The maximum absolute atomic E-state index is 10.6. The molecule has 0 unspecified atom stereocenters. The molecule has 2 heterocycles. The van der Waals surface area contributed by atoms with Crippen LogP contribution in [0.4, 0.5) is 17.3 Å². The van der Waals surface area contributed by atoms with Crippen molar-refractivity contribution in [3.8, 4) is 0 Å². The number of anilines is 2. The fourth-order valence-corrected chi connectivity index (χ4v) is 2.21. The fraction of sp³-hybridized carbons (Fsp3) is 0.231. The van der Waals surface area contributed by atoms with Gasteiger partial charge in [-0.3, -0.25) is 10.1 Å². The van der Waals surface area contributed by atoms with E-state index in [0.29, 0.717) is 5.95 Å². The Morgan fingerprint density at radius 1 is 1.25 bits per heavy atom. The van der Waals surface area contributed by atoms with Gasteiger partial charge in [0.1, 0.15) is 12.4 Å². The van der Waals surface area contributed by atoms with E-state index < -0.39 is 4.92 Å². The molecule has 2 aromatic rings. The number of hydrogen-bond donors (Lipinski definition) is 1. The normalized spacial score (nSPS) is 14.5. The molecule has 102 valence electrons. The first-order chi connectivity index (χ1) is 9.75. The molecule has 0 spiro atoms. The highest BCUT2D eigenvalue weighted by Gasteiger charge is 2.19. The summed E-state index contributed by atoms with van der Waals surface area (Å²) in [5.74, 6) is 0.478. The molecule has 0 atom stereocenters. The van der Waals surface area contributed by atoms with E-state index in [0.717, 1.165) is 30.9 Å². The molecule has 0 aliphatic carbocycles. The summed E-state index contributed by atoms with van der Waals surface area (Å²) in [6.07, 6.45) is 2.48. The minimum atomic E-state index is -0.498. The molecule has 1 aliphatic rings. The Morgan fingerprint density at radius 3 is 2.75 bits per heavy atom. The van der Waals surface area contributed by atoms with Crippen LogP contribution in [-0.2, 0) is 6.54 Å². The minimum Gasteiger partial charge on any atom is -0.311 e. The van der Waals surface area contributed by atoms with Gasteiger partial charge in [0, 0.05) is 25.3 Å². The average molecular weight is 271 g/mol. The number of nitro groups is 1. The largest absolute Gasteiger partial charge is 0.311 e. The van der Waals surface area contributed by atoms with Crippen molar-refractivity contribution >= 4 is 17.3 Å². The van der Waals surface area contributed by atoms with Crippen molar-refractivity contribution in [1.82, 2.24) is 15.3 Å². The van der Waals surface area contributed by atoms with E-state index in [4.69, 9.17) is 0 Å². The molecular weight excluding hydrogens is 258 g/mol. The van der Waals surface area contributed by atoms with Crippen LogP contribution < -0.4 is 10.2 Å². The van der Waals surface area contributed by atoms with E-state index in [-0.39, 0.29) is 5.69 Å². The van der Waals surface area contributed by atoms with Crippen molar-refractivity contribution in [2.45, 2.75) is 6.54 Å². The monoisotopic (exact) mass is 271 g/mol. The Kier molecular flexibility index (Phi) is 3.26. The zero-order valence-electron chi connectivity index (χ0n) is 10.7. The van der Waals surface area contributed by atoms with Gasteiger partial charge in [0.2, 0.25) is 5.95 Å². The van der Waals surface area contributed by atoms with Gasteiger partial charge in [0.15, 0.2) is 0 Å². The number of fused-ring (bicyclic) bond motifs is 1. The molecular formula is C13H13N5O2. The maximum atomic E-state index is 10.6. The van der Waals surface area contributed by atoms with Gasteiger partial charge in [0.25, 0.3) is 0 Å². The molecule has 20 heavy (non-hydrogen) atoms. The van der Waals surface area contributed by atoms with E-state index >= 15 is 0 Å². The summed E-state index contributed by atoms with van der Waals surface area (Å²) in [4.78, 5) is 20.3. The fourth-order valence-electron chi connectivity index (χ4n) is 2.21. The van der Waals surface area contributed by atoms with Gasteiger partial charge in [-0.15, -0.1) is 0 Å². The zero-order valence-corrected chi connectivity index (χ0v) is 10.7. The molecule has 3 rings (SSSR count). The molecule has 0 saturated heterocycles. The molecule has 1 aromatic carbocycles. The van der Waals surface area contributed by atoms with Crippen LogP contribution in [0.5, 0.6) is 0 Å². The number of nitrogens with one attached hydrogen (secondary N) is 1. The summed E-state index contributed by atoms with van der Waals surface area (Å²) in [6.45, 7) is 2.31. The second-order valence-corrected chi connectivity index (χ2v) is 4.46. The van der Waals surface area contributed by atoms with E-state index in [1.165, 1.54) is 12.4 Å². The molecule has 0 amide bonds. The maximum Gasteiger partial charge on any atom is 0.305 e. The van der Waals surface area contributed by atoms with Crippen molar-refractivity contribution in [1.29, 1.82) is 0 Å². The summed E-state index contributed by atoms with van der Waals surface area (Å²) in [5, 5.41) is 14.0. The van der Waals surface area contributed by atoms with Crippen molar-refractivity contribution in [2.75, 3.05) is 18.0 Å². The van der Waals surface area contributed by atoms with Crippen LogP contribution in [-0.4, -0.2) is 28.0 Å². The smallest absolute Gasteiger partial charge is 0.305 e. The average Bonchev–Trinajstić information content (AvgIpc) is 2.69. The summed E-state index contributed by atoms with van der Waals surface area (Å²) in [7, 11) is 0. The molecule has 1 aliphatic heterocycles. The van der Waals surface area contributed by atoms with Crippen molar-refractivity contribution in [3.63, 3.8) is 0 Å². The number of rotatable bonds is 2. The lowest BCUT2D eigenvalue weighted by atomic mass is 10.1. The molecule has 0 saturated carbocycles. The zero-order chi connectivity index (χ0) is 13.9. The van der Waals surface area contributed by atoms with Crippen LogP contribution in [0.2, 0.25) is 0 Å². The van der Waals surface area contributed by atoms with Crippen molar-refractivity contribution in [2.24, 2.45) is 0 Å². The summed E-state index contributed by atoms with van der Waals surface area (Å²) >= 11 is 0. The molecule has 0 radical (unpaired) electrons. The van der Waals surface area contributed by atoms with Gasteiger partial charge < -0.3 is 10.2 Å². The predicted octanol–water partition coefficient (Wildman–Crippen LogP) is 1.63. The molecule has 1 N–H and O–H groups in total. The van der Waals surface area contributed by atoms with Crippen molar-refractivity contribution in [3.05, 3.63) is 52.3 Å². The minimum absolute atomic E-state index is 0.102. The van der Waals surface area contributed by atoms with Crippen LogP contribution >= 0.6 is 0 Å². The van der Waals surface area contributed by atoms with Crippen LogP contribution in [0.25, 0.3) is 0 Å². The van der Waals surface area contributed by atoms with E-state index in [1.807, 2.05) is 29.2 Å². The van der Waals surface area contributed by atoms with Crippen LogP contribution in [0.15, 0.2) is 36.7 Å². The topological polar surface area (TPSA) is 84.2 Å². The quantitative estimate of drug-likeness (QED) is 0.660. The summed E-state index contributed by atoms with van der Waals surface area (Å²) in [5.41, 5.74) is 2.09. The second-order valence-electron chi connectivity index (χ2n) is 4.46. The Bertz CT molecular complexity index is 629. The van der Waals surface area contributed by atoms with Gasteiger partial charge in [-0.25, -0.2) is 9.97 Å². The van der Waals surface area contributed by atoms with Gasteiger partial charge >= 0.3 is 5.69 Å². The molecule has 7 nitrogen and oxygen atoms in total. The lowest BCUT2D eigenvalue weighted by Crippen LogP contribution is -2.25. The van der Waals surface area contributed by atoms with Gasteiger partial charge in [-0.2, -0.15) is 0 Å². The predicted molar refractivity (Wildman–Crippen MR) is 73.8 cm³/mol. The third kappa shape index (κ3) is 2.30. The number of benzene rings is 1. The van der Waals surface area contributed by atoms with E-state index in [1.54, 1.807) is 0 Å². The highest BCUT2D eigenvalue weighted by atomic mass is 16.6. The van der Waals surface area contributed by atoms with Gasteiger partial charge in [-0.1, -0.05) is 18.2 Å². The lowest BCUT2D eigenvalue weighted by molar-refractivity contribution is -0.385. The number of hydrogen-bond acceptors (Lipinski definition) is 6. The van der Waals surface area contributed by atoms with Crippen molar-refractivity contribution < 1.29 is 4.92 Å². The Balaban J connectivity index is 1.98. The van der Waals surface area contributed by atoms with Gasteiger partial charge in [0.05, 0.1) is 4.92 Å². The van der Waals surface area contributed by atoms with E-state index in [9.17, 15) is 10.1 Å². The Morgan fingerprint density at radius 2 is 2.00 bits per heavy atom. The molecule has 0 fully saturated rings. The first-order valence-corrected chi connectivity index (χ1v) is 6.28. The first-order valence-electron chi connectivity index (χ1n) is 6.28. The number of aromatic nitrogens is 2. The van der Waals surface area contributed by atoms with Crippen LogP contribution in [0.1, 0.15) is 5.56 Å². The van der Waals surface area contributed by atoms with E-state index in [2.05, 4.69) is 15.3 Å². The Hall–Kier alpha value is -2.54. The second kappa shape index (κ2) is 5.22. The summed E-state index contributed by atoms with van der Waals surface area (Å²) < 4.78 is 0. The van der Waals surface area contributed by atoms with Crippen LogP contribution in [0, 0.1) is 10.1 Å². The lowest BCUT2D eigenvalue weighted by Gasteiger charge is -2.21. The van der Waals surface area contributed by atoms with Crippen LogP contribution in [0.3, 0.4) is 0 Å². The standard InChI is InChI=1S/C13H13N5O2/c19-18(20)11-8-15-13(16-9-11)17-6-5-14-7-10-3-1-2-4-12(10)17/h1-4,8-9,14H,5-7H2. The third-order valence-electron chi connectivity index (χ3n) is 3.19. The molecule has 0 bridgehead atoms. The molecule has 7 heteroatoms. The first kappa shape index (κ1) is 12.5. The Labute approximate surface area is 115 Å². The number of para-hydroxylation sites is 1. The third-order valence-corrected chi connectivity index (χ3v) is 3.19. The highest BCUT2D eigenvalue weighted by molar-refractivity contribution is 5.62. The highest BCUT2D eigenvalue weighted by Crippen LogP contribution is 2.27. The summed E-state index contributed by atoms with van der Waals surface area (Å²) in [6, 6.07) is 8.00. The SMILES string of the molecule is O=[N+]([O-])c1cnc(N2CCNCc3ccccc32)nc1. The number of nitrogens with zero attached hydrogens (tertiary/aromatic N) is 4. The molecule has 1 aromatic heterocycles. The van der Waals surface area contributed by atoms with Gasteiger partial charge in [-0.05, 0) is 11.6 Å².